The van der Waals surface area contributed by atoms with E-state index in [1.807, 2.05) is 19.0 Å². The molecule has 1 unspecified atom stereocenters. The third-order valence-electron chi connectivity index (χ3n) is 3.71. The summed E-state index contributed by atoms with van der Waals surface area (Å²) in [6.45, 7) is 5.48. The molecular weight excluding hydrogens is 246 g/mol. The molecular formula is C13H21N3OS. The van der Waals surface area contributed by atoms with Gasteiger partial charge in [0.25, 0.3) is 0 Å². The maximum absolute atomic E-state index is 12.0. The number of thiophene rings is 1. The predicted octanol–water partition coefficient (Wildman–Crippen LogP) is 1.52. The van der Waals surface area contributed by atoms with Crippen molar-refractivity contribution in [3.05, 3.63) is 22.4 Å². The third-order valence-corrected chi connectivity index (χ3v) is 4.41. The molecule has 1 saturated heterocycles. The largest absolute Gasteiger partial charge is 0.320 e. The molecule has 1 fully saturated rings. The Balaban J connectivity index is 2.16. The number of likely N-dealkylation sites (N-methyl/N-ethyl adjacent to an activating group) is 1. The fourth-order valence-electron chi connectivity index (χ4n) is 2.01. The Kier molecular flexibility index (Phi) is 3.75. The van der Waals surface area contributed by atoms with Crippen LogP contribution >= 0.6 is 11.3 Å². The molecule has 0 spiro atoms. The van der Waals surface area contributed by atoms with Gasteiger partial charge in [0.2, 0.25) is 5.91 Å². The van der Waals surface area contributed by atoms with E-state index in [1.54, 1.807) is 11.3 Å². The van der Waals surface area contributed by atoms with Gasteiger partial charge in [-0.25, -0.2) is 0 Å². The molecule has 1 aliphatic heterocycles. The van der Waals surface area contributed by atoms with E-state index in [9.17, 15) is 4.79 Å². The number of carbonyl (C=O) groups excluding carboxylic acids is 1. The molecule has 2 rings (SSSR count). The number of hydrogen-bond donors (Lipinski definition) is 1. The topological polar surface area (TPSA) is 35.6 Å². The first-order chi connectivity index (χ1) is 8.42. The summed E-state index contributed by atoms with van der Waals surface area (Å²) in [4.78, 5) is 16.1. The van der Waals surface area contributed by atoms with Gasteiger partial charge in [-0.3, -0.25) is 10.1 Å². The second-order valence-corrected chi connectivity index (χ2v) is 6.35. The van der Waals surface area contributed by atoms with Crippen molar-refractivity contribution in [1.82, 2.24) is 15.1 Å². The molecule has 18 heavy (non-hydrogen) atoms. The summed E-state index contributed by atoms with van der Waals surface area (Å²) in [5.41, 5.74) is 1.15. The minimum Gasteiger partial charge on any atom is -0.320 e. The molecule has 1 aromatic rings. The second kappa shape index (κ2) is 4.99. The summed E-state index contributed by atoms with van der Waals surface area (Å²) < 4.78 is 0. The molecule has 1 atom stereocenters. The van der Waals surface area contributed by atoms with Crippen LogP contribution in [0.2, 0.25) is 0 Å². The first-order valence-electron chi connectivity index (χ1n) is 6.14. The van der Waals surface area contributed by atoms with Crippen molar-refractivity contribution in [3.8, 4) is 0 Å². The van der Waals surface area contributed by atoms with E-state index in [4.69, 9.17) is 0 Å². The molecule has 0 saturated carbocycles. The van der Waals surface area contributed by atoms with Crippen molar-refractivity contribution in [2.45, 2.75) is 25.6 Å². The Morgan fingerprint density at radius 2 is 2.28 bits per heavy atom. The van der Waals surface area contributed by atoms with Crippen molar-refractivity contribution >= 4 is 17.2 Å². The standard InChI is InChI=1S/C13H21N3OS/c1-13(2,15(3)4)9-16-11(17)7-14-12(16)10-5-6-18-8-10/h5-6,8,12,14H,7,9H2,1-4H3. The zero-order valence-corrected chi connectivity index (χ0v) is 12.3. The molecule has 5 heteroatoms. The van der Waals surface area contributed by atoms with Gasteiger partial charge in [-0.1, -0.05) is 0 Å². The molecule has 1 aliphatic rings. The molecule has 1 amide bonds. The lowest BCUT2D eigenvalue weighted by Gasteiger charge is -2.38. The molecule has 0 radical (unpaired) electrons. The van der Waals surface area contributed by atoms with E-state index in [1.165, 1.54) is 5.56 Å². The van der Waals surface area contributed by atoms with Crippen molar-refractivity contribution < 1.29 is 4.79 Å². The smallest absolute Gasteiger partial charge is 0.238 e. The fraction of sp³-hybridized carbons (Fsp3) is 0.615. The van der Waals surface area contributed by atoms with Gasteiger partial charge in [0, 0.05) is 12.1 Å². The molecule has 0 aliphatic carbocycles. The number of amides is 1. The van der Waals surface area contributed by atoms with Gasteiger partial charge in [-0.15, -0.1) is 0 Å². The molecule has 100 valence electrons. The van der Waals surface area contributed by atoms with Gasteiger partial charge in [0.05, 0.1) is 6.54 Å². The van der Waals surface area contributed by atoms with E-state index >= 15 is 0 Å². The predicted molar refractivity (Wildman–Crippen MR) is 74.5 cm³/mol. The monoisotopic (exact) mass is 267 g/mol. The number of nitrogens with one attached hydrogen (secondary N) is 1. The fourth-order valence-corrected chi connectivity index (χ4v) is 2.68. The summed E-state index contributed by atoms with van der Waals surface area (Å²) in [5, 5.41) is 7.44. The Labute approximate surface area is 113 Å². The molecule has 4 nitrogen and oxygen atoms in total. The highest BCUT2D eigenvalue weighted by molar-refractivity contribution is 7.07. The normalized spacial score (nSPS) is 21.1. The molecule has 1 aromatic heterocycles. The van der Waals surface area contributed by atoms with Gasteiger partial charge in [0.1, 0.15) is 6.17 Å². The van der Waals surface area contributed by atoms with E-state index in [0.29, 0.717) is 6.54 Å². The Morgan fingerprint density at radius 1 is 1.56 bits per heavy atom. The van der Waals surface area contributed by atoms with Gasteiger partial charge in [0.15, 0.2) is 0 Å². The van der Waals surface area contributed by atoms with Crippen molar-refractivity contribution in [1.29, 1.82) is 0 Å². The van der Waals surface area contributed by atoms with Crippen LogP contribution in [0.3, 0.4) is 0 Å². The van der Waals surface area contributed by atoms with Crippen LogP contribution in [-0.2, 0) is 4.79 Å². The second-order valence-electron chi connectivity index (χ2n) is 5.57. The highest BCUT2D eigenvalue weighted by Crippen LogP contribution is 2.27. The van der Waals surface area contributed by atoms with Gasteiger partial charge >= 0.3 is 0 Å². The minimum atomic E-state index is -0.0318. The Morgan fingerprint density at radius 3 is 2.83 bits per heavy atom. The summed E-state index contributed by atoms with van der Waals surface area (Å²) in [7, 11) is 4.10. The first-order valence-corrected chi connectivity index (χ1v) is 7.08. The highest BCUT2D eigenvalue weighted by atomic mass is 32.1. The van der Waals surface area contributed by atoms with Crippen LogP contribution in [0.15, 0.2) is 16.8 Å². The van der Waals surface area contributed by atoms with Crippen molar-refractivity contribution in [2.75, 3.05) is 27.2 Å². The summed E-state index contributed by atoms with van der Waals surface area (Å²) in [6, 6.07) is 2.08. The van der Waals surface area contributed by atoms with Crippen LogP contribution in [0.25, 0.3) is 0 Å². The molecule has 2 heterocycles. The van der Waals surface area contributed by atoms with Gasteiger partial charge in [-0.2, -0.15) is 11.3 Å². The summed E-state index contributed by atoms with van der Waals surface area (Å²) >= 11 is 1.67. The average Bonchev–Trinajstić information content (AvgIpc) is 2.89. The van der Waals surface area contributed by atoms with Crippen LogP contribution in [0.5, 0.6) is 0 Å². The van der Waals surface area contributed by atoms with Crippen LogP contribution in [0.4, 0.5) is 0 Å². The molecule has 1 N–H and O–H groups in total. The van der Waals surface area contributed by atoms with Crippen LogP contribution < -0.4 is 5.32 Å². The summed E-state index contributed by atoms with van der Waals surface area (Å²) in [6.07, 6.45) is 0.0305. The number of carbonyl (C=O) groups is 1. The van der Waals surface area contributed by atoms with E-state index in [0.717, 1.165) is 6.54 Å². The SMILES string of the molecule is CN(C)C(C)(C)CN1C(=O)CNC1c1ccsc1. The third kappa shape index (κ3) is 2.58. The van der Waals surface area contributed by atoms with E-state index in [2.05, 4.69) is 40.9 Å². The van der Waals surface area contributed by atoms with E-state index < -0.39 is 0 Å². The summed E-state index contributed by atoms with van der Waals surface area (Å²) in [5.74, 6) is 0.182. The number of nitrogens with zero attached hydrogens (tertiary/aromatic N) is 2. The maximum atomic E-state index is 12.0. The van der Waals surface area contributed by atoms with Crippen LogP contribution in [0.1, 0.15) is 25.6 Å². The maximum Gasteiger partial charge on any atom is 0.238 e. The van der Waals surface area contributed by atoms with Crippen LogP contribution in [0, 0.1) is 0 Å². The van der Waals surface area contributed by atoms with Crippen molar-refractivity contribution in [2.24, 2.45) is 0 Å². The number of rotatable bonds is 4. The van der Waals surface area contributed by atoms with Crippen LogP contribution in [-0.4, -0.2) is 48.4 Å². The average molecular weight is 267 g/mol. The Hall–Kier alpha value is -0.910. The van der Waals surface area contributed by atoms with Gasteiger partial charge in [-0.05, 0) is 50.3 Å². The lowest BCUT2D eigenvalue weighted by molar-refractivity contribution is -0.129. The zero-order chi connectivity index (χ0) is 13.3. The lowest BCUT2D eigenvalue weighted by Crippen LogP contribution is -2.49. The lowest BCUT2D eigenvalue weighted by atomic mass is 10.0. The Bertz CT molecular complexity index is 414. The van der Waals surface area contributed by atoms with Gasteiger partial charge < -0.3 is 9.80 Å². The molecule has 0 bridgehead atoms. The van der Waals surface area contributed by atoms with Crippen molar-refractivity contribution in [3.63, 3.8) is 0 Å². The quantitative estimate of drug-likeness (QED) is 0.898. The van der Waals surface area contributed by atoms with E-state index in [-0.39, 0.29) is 17.6 Å². The first kappa shape index (κ1) is 13.5. The zero-order valence-electron chi connectivity index (χ0n) is 11.4. The highest BCUT2D eigenvalue weighted by Gasteiger charge is 2.36. The molecule has 0 aromatic carbocycles. The number of hydrogen-bond acceptors (Lipinski definition) is 4. The minimum absolute atomic E-state index is 0.0305.